The van der Waals surface area contributed by atoms with Gasteiger partial charge in [0.15, 0.2) is 0 Å². The molecule has 2 N–H and O–H groups in total. The number of aromatic amines is 2. The van der Waals surface area contributed by atoms with E-state index in [4.69, 9.17) is 0 Å². The molecule has 5 heteroatoms. The second kappa shape index (κ2) is 6.00. The van der Waals surface area contributed by atoms with Crippen LogP contribution in [-0.2, 0) is 11.2 Å². The van der Waals surface area contributed by atoms with Crippen molar-refractivity contribution in [2.75, 3.05) is 13.1 Å². The highest BCUT2D eigenvalue weighted by atomic mass is 19.1. The van der Waals surface area contributed by atoms with Gasteiger partial charge in [-0.2, -0.15) is 0 Å². The molecular formula is C19H18FN3O. The predicted octanol–water partition coefficient (Wildman–Crippen LogP) is 3.49. The first-order valence-corrected chi connectivity index (χ1v) is 8.07. The molecule has 0 aliphatic carbocycles. The highest BCUT2D eigenvalue weighted by Crippen LogP contribution is 2.29. The van der Waals surface area contributed by atoms with Crippen molar-refractivity contribution in [2.24, 2.45) is 0 Å². The molecule has 0 saturated heterocycles. The van der Waals surface area contributed by atoms with E-state index in [0.29, 0.717) is 19.5 Å². The molecule has 3 aromatic rings. The van der Waals surface area contributed by atoms with Gasteiger partial charge in [0.25, 0.3) is 0 Å². The van der Waals surface area contributed by atoms with E-state index in [0.717, 1.165) is 28.6 Å². The number of nitrogens with one attached hydrogen (secondary N) is 2. The van der Waals surface area contributed by atoms with E-state index in [9.17, 15) is 9.18 Å². The molecule has 0 atom stereocenters. The lowest BCUT2D eigenvalue weighted by atomic mass is 9.98. The fourth-order valence-electron chi connectivity index (χ4n) is 3.26. The molecule has 1 aliphatic rings. The van der Waals surface area contributed by atoms with E-state index >= 15 is 0 Å². The lowest BCUT2D eigenvalue weighted by Crippen LogP contribution is -2.35. The summed E-state index contributed by atoms with van der Waals surface area (Å²) in [5, 5.41) is 1.02. The van der Waals surface area contributed by atoms with E-state index in [1.54, 1.807) is 6.07 Å². The van der Waals surface area contributed by atoms with Crippen LogP contribution >= 0.6 is 0 Å². The molecule has 1 aromatic carbocycles. The van der Waals surface area contributed by atoms with Crippen LogP contribution in [0.15, 0.2) is 48.8 Å². The SMILES string of the molecule is O=C(Cc1ccc[nH]1)N1CC=C(c2c[nH]c3cc(F)ccc23)CC1. The monoisotopic (exact) mass is 323 g/mol. The number of rotatable bonds is 3. The fraction of sp³-hybridized carbons (Fsp3) is 0.211. The summed E-state index contributed by atoms with van der Waals surface area (Å²) in [6.45, 7) is 1.32. The van der Waals surface area contributed by atoms with Crippen molar-refractivity contribution in [1.29, 1.82) is 0 Å². The Hall–Kier alpha value is -2.82. The summed E-state index contributed by atoms with van der Waals surface area (Å²) in [6, 6.07) is 8.62. The number of fused-ring (bicyclic) bond motifs is 1. The van der Waals surface area contributed by atoms with Gasteiger partial charge < -0.3 is 14.9 Å². The number of aromatic nitrogens is 2. The molecule has 4 rings (SSSR count). The van der Waals surface area contributed by atoms with Crippen LogP contribution in [0.25, 0.3) is 16.5 Å². The third-order valence-corrected chi connectivity index (χ3v) is 4.56. The number of carbonyl (C=O) groups is 1. The lowest BCUT2D eigenvalue weighted by molar-refractivity contribution is -0.130. The Morgan fingerprint density at radius 2 is 2.17 bits per heavy atom. The van der Waals surface area contributed by atoms with Gasteiger partial charge in [-0.1, -0.05) is 6.08 Å². The Labute approximate surface area is 139 Å². The van der Waals surface area contributed by atoms with Crippen LogP contribution in [-0.4, -0.2) is 33.9 Å². The van der Waals surface area contributed by atoms with Crippen molar-refractivity contribution in [3.63, 3.8) is 0 Å². The standard InChI is InChI=1S/C19H18FN3O/c20-14-3-4-16-17(12-22-18(16)10-14)13-5-8-23(9-6-13)19(24)11-15-2-1-7-21-15/h1-5,7,10,12,21-22H,6,8-9,11H2. The number of H-pyrrole nitrogens is 2. The van der Waals surface area contributed by atoms with Gasteiger partial charge in [-0.05, 0) is 42.3 Å². The molecule has 0 saturated carbocycles. The van der Waals surface area contributed by atoms with Gasteiger partial charge in [0, 0.05) is 47.6 Å². The molecule has 0 radical (unpaired) electrons. The average molecular weight is 323 g/mol. The molecule has 4 nitrogen and oxygen atoms in total. The summed E-state index contributed by atoms with van der Waals surface area (Å²) in [4.78, 5) is 20.4. The summed E-state index contributed by atoms with van der Waals surface area (Å²) in [5.74, 6) is -0.108. The van der Waals surface area contributed by atoms with Crippen molar-refractivity contribution in [3.8, 4) is 0 Å². The fourth-order valence-corrected chi connectivity index (χ4v) is 3.26. The van der Waals surface area contributed by atoms with Crippen molar-refractivity contribution in [3.05, 3.63) is 65.9 Å². The Morgan fingerprint density at radius 3 is 2.92 bits per heavy atom. The Bertz CT molecular complexity index is 908. The van der Waals surface area contributed by atoms with Gasteiger partial charge in [0.05, 0.1) is 6.42 Å². The van der Waals surface area contributed by atoms with Crippen molar-refractivity contribution < 1.29 is 9.18 Å². The Balaban J connectivity index is 1.50. The molecule has 24 heavy (non-hydrogen) atoms. The van der Waals surface area contributed by atoms with Crippen LogP contribution in [0.5, 0.6) is 0 Å². The molecule has 1 aliphatic heterocycles. The van der Waals surface area contributed by atoms with Gasteiger partial charge in [0.2, 0.25) is 5.91 Å². The highest BCUT2D eigenvalue weighted by molar-refractivity contribution is 5.93. The first kappa shape index (κ1) is 14.8. The molecule has 3 heterocycles. The normalized spacial score (nSPS) is 14.9. The molecule has 0 fully saturated rings. The number of benzene rings is 1. The zero-order valence-corrected chi connectivity index (χ0v) is 13.2. The largest absolute Gasteiger partial charge is 0.365 e. The minimum Gasteiger partial charge on any atom is -0.365 e. The third-order valence-electron chi connectivity index (χ3n) is 4.56. The number of nitrogens with zero attached hydrogens (tertiary/aromatic N) is 1. The summed E-state index contributed by atoms with van der Waals surface area (Å²) < 4.78 is 13.3. The van der Waals surface area contributed by atoms with Crippen molar-refractivity contribution in [1.82, 2.24) is 14.9 Å². The van der Waals surface area contributed by atoms with Gasteiger partial charge in [-0.3, -0.25) is 4.79 Å². The van der Waals surface area contributed by atoms with Crippen LogP contribution in [0.4, 0.5) is 4.39 Å². The predicted molar refractivity (Wildman–Crippen MR) is 91.9 cm³/mol. The smallest absolute Gasteiger partial charge is 0.228 e. The third kappa shape index (κ3) is 2.73. The summed E-state index contributed by atoms with van der Waals surface area (Å²) in [6.07, 6.45) is 7.06. The maximum absolute atomic E-state index is 13.3. The van der Waals surface area contributed by atoms with E-state index in [-0.39, 0.29) is 11.7 Å². The zero-order chi connectivity index (χ0) is 16.5. The van der Waals surface area contributed by atoms with E-state index in [2.05, 4.69) is 16.0 Å². The number of amides is 1. The second-order valence-corrected chi connectivity index (χ2v) is 6.08. The minimum absolute atomic E-state index is 0.133. The molecule has 0 bridgehead atoms. The Morgan fingerprint density at radius 1 is 1.25 bits per heavy atom. The minimum atomic E-state index is -0.241. The molecule has 0 spiro atoms. The van der Waals surface area contributed by atoms with E-state index in [1.807, 2.05) is 29.4 Å². The molecular weight excluding hydrogens is 305 g/mol. The van der Waals surface area contributed by atoms with Gasteiger partial charge in [0.1, 0.15) is 5.82 Å². The average Bonchev–Trinajstić information content (AvgIpc) is 3.24. The summed E-state index contributed by atoms with van der Waals surface area (Å²) >= 11 is 0. The maximum atomic E-state index is 13.3. The zero-order valence-electron chi connectivity index (χ0n) is 13.2. The first-order valence-electron chi connectivity index (χ1n) is 8.07. The number of carbonyl (C=O) groups excluding carboxylic acids is 1. The van der Waals surface area contributed by atoms with Crippen LogP contribution in [0, 0.1) is 5.82 Å². The molecule has 122 valence electrons. The quantitative estimate of drug-likeness (QED) is 0.761. The van der Waals surface area contributed by atoms with Gasteiger partial charge in [-0.25, -0.2) is 4.39 Å². The molecule has 0 unspecified atom stereocenters. The van der Waals surface area contributed by atoms with Crippen LogP contribution in [0.1, 0.15) is 17.7 Å². The number of hydrogen-bond donors (Lipinski definition) is 2. The van der Waals surface area contributed by atoms with Crippen LogP contribution in [0.2, 0.25) is 0 Å². The second-order valence-electron chi connectivity index (χ2n) is 6.08. The molecule has 1 amide bonds. The molecule has 2 aromatic heterocycles. The van der Waals surface area contributed by atoms with Crippen LogP contribution in [0.3, 0.4) is 0 Å². The van der Waals surface area contributed by atoms with E-state index in [1.165, 1.54) is 17.7 Å². The van der Waals surface area contributed by atoms with Gasteiger partial charge >= 0.3 is 0 Å². The lowest BCUT2D eigenvalue weighted by Gasteiger charge is -2.26. The summed E-state index contributed by atoms with van der Waals surface area (Å²) in [7, 11) is 0. The first-order chi connectivity index (χ1) is 11.7. The highest BCUT2D eigenvalue weighted by Gasteiger charge is 2.19. The number of hydrogen-bond acceptors (Lipinski definition) is 1. The summed E-state index contributed by atoms with van der Waals surface area (Å²) in [5.41, 5.74) is 4.04. The van der Waals surface area contributed by atoms with Crippen molar-refractivity contribution in [2.45, 2.75) is 12.8 Å². The van der Waals surface area contributed by atoms with Crippen LogP contribution < -0.4 is 0 Å². The Kier molecular flexibility index (Phi) is 3.69. The maximum Gasteiger partial charge on any atom is 0.228 e. The topological polar surface area (TPSA) is 51.9 Å². The van der Waals surface area contributed by atoms with Crippen molar-refractivity contribution >= 4 is 22.4 Å². The number of halogens is 1. The van der Waals surface area contributed by atoms with Gasteiger partial charge in [-0.15, -0.1) is 0 Å². The van der Waals surface area contributed by atoms with E-state index < -0.39 is 0 Å².